The summed E-state index contributed by atoms with van der Waals surface area (Å²) in [7, 11) is 2.89. The van der Waals surface area contributed by atoms with Crippen LogP contribution < -0.4 is 0 Å². The van der Waals surface area contributed by atoms with E-state index in [1.165, 1.54) is 40.6 Å². The predicted molar refractivity (Wildman–Crippen MR) is 175 cm³/mol. The summed E-state index contributed by atoms with van der Waals surface area (Å²) in [6.45, 7) is 15.1. The summed E-state index contributed by atoms with van der Waals surface area (Å²) in [5, 5.41) is 0. The smallest absolute Gasteiger partial charge is 0.312 e. The van der Waals surface area contributed by atoms with Gasteiger partial charge >= 0.3 is 29.8 Å². The van der Waals surface area contributed by atoms with Crippen LogP contribution in [0.5, 0.6) is 0 Å². The van der Waals surface area contributed by atoms with Gasteiger partial charge in [0.25, 0.3) is 0 Å². The van der Waals surface area contributed by atoms with Crippen LogP contribution in [0.1, 0.15) is 113 Å². The molecule has 11 atom stereocenters. The molecule has 48 heavy (non-hydrogen) atoms. The molecule has 0 unspecified atom stereocenters. The number of rotatable bonds is 6. The minimum Gasteiger partial charge on any atom is -0.469 e. The quantitative estimate of drug-likeness (QED) is 0.184. The maximum absolute atomic E-state index is 13.7. The second-order valence-electron chi connectivity index (χ2n) is 16.9. The molecule has 0 aromatic rings. The highest BCUT2D eigenvalue weighted by molar-refractivity contribution is 5.81. The fourth-order valence-electron chi connectivity index (χ4n) is 12.1. The zero-order chi connectivity index (χ0) is 35.7. The van der Waals surface area contributed by atoms with Gasteiger partial charge in [-0.15, -0.1) is 0 Å². The number of carbonyl (C=O) groups excluding carboxylic acids is 5. The summed E-state index contributed by atoms with van der Waals surface area (Å²) in [4.78, 5) is 64.0. The molecule has 5 aliphatic carbocycles. The lowest BCUT2D eigenvalue weighted by Gasteiger charge is -2.71. The monoisotopic (exact) mass is 672 g/mol. The molecule has 10 nitrogen and oxygen atoms in total. The molecule has 0 saturated heterocycles. The third-order valence-electron chi connectivity index (χ3n) is 14.6. The molecule has 10 heteroatoms. The Hall–Kier alpha value is -2.91. The number of carbonyl (C=O) groups is 5. The van der Waals surface area contributed by atoms with Crippen LogP contribution in [-0.2, 0) is 47.7 Å². The molecule has 0 aromatic carbocycles. The number of ether oxygens (including phenoxy) is 5. The van der Waals surface area contributed by atoms with Crippen LogP contribution in [0.2, 0.25) is 0 Å². The predicted octanol–water partition coefficient (Wildman–Crippen LogP) is 6.13. The van der Waals surface area contributed by atoms with Crippen molar-refractivity contribution >= 4 is 29.8 Å². The molecule has 0 amide bonds. The van der Waals surface area contributed by atoms with Crippen LogP contribution in [0.3, 0.4) is 0 Å². The summed E-state index contributed by atoms with van der Waals surface area (Å²) >= 11 is 0. The van der Waals surface area contributed by atoms with Gasteiger partial charge in [-0.1, -0.05) is 39.3 Å². The minimum atomic E-state index is -0.811. The largest absolute Gasteiger partial charge is 0.469 e. The molecule has 0 spiro atoms. The number of hydrogen-bond acceptors (Lipinski definition) is 10. The Labute approximate surface area is 285 Å². The molecule has 5 aliphatic rings. The van der Waals surface area contributed by atoms with E-state index >= 15 is 0 Å². The molecule has 0 radical (unpaired) electrons. The zero-order valence-electron chi connectivity index (χ0n) is 30.6. The Morgan fingerprint density at radius 2 is 1.38 bits per heavy atom. The normalized spacial score (nSPS) is 44.6. The highest BCUT2D eigenvalue weighted by Crippen LogP contribution is 2.76. The average Bonchev–Trinajstić information content (AvgIpc) is 3.01. The van der Waals surface area contributed by atoms with Crippen LogP contribution in [0.25, 0.3) is 0 Å². The van der Waals surface area contributed by atoms with Crippen LogP contribution in [0, 0.1) is 50.2 Å². The number of allylic oxidation sites excluding steroid dienone is 2. The van der Waals surface area contributed by atoms with Gasteiger partial charge in [-0.2, -0.15) is 0 Å². The summed E-state index contributed by atoms with van der Waals surface area (Å²) in [5.74, 6) is -1.81. The molecule has 4 saturated carbocycles. The minimum absolute atomic E-state index is 0.00724. The first-order valence-electron chi connectivity index (χ1n) is 17.6. The van der Waals surface area contributed by atoms with E-state index in [2.05, 4.69) is 26.8 Å². The summed E-state index contributed by atoms with van der Waals surface area (Å²) in [6.07, 6.45) is 6.91. The first-order valence-corrected chi connectivity index (χ1v) is 17.6. The van der Waals surface area contributed by atoms with Crippen LogP contribution >= 0.6 is 0 Å². The number of fused-ring (bicyclic) bond motifs is 7. The fraction of sp³-hybridized carbons (Fsp3) is 0.816. The Bertz CT molecular complexity index is 1400. The van der Waals surface area contributed by atoms with E-state index in [0.717, 1.165) is 25.7 Å². The van der Waals surface area contributed by atoms with Crippen molar-refractivity contribution in [1.82, 2.24) is 0 Å². The van der Waals surface area contributed by atoms with E-state index in [9.17, 15) is 24.0 Å². The molecular weight excluding hydrogens is 616 g/mol. The maximum Gasteiger partial charge on any atom is 0.312 e. The van der Waals surface area contributed by atoms with Crippen LogP contribution in [-0.4, -0.2) is 62.9 Å². The van der Waals surface area contributed by atoms with Gasteiger partial charge in [-0.05, 0) is 98.7 Å². The number of esters is 5. The van der Waals surface area contributed by atoms with Gasteiger partial charge in [0.1, 0.15) is 18.8 Å². The molecule has 4 fully saturated rings. The third-order valence-corrected chi connectivity index (χ3v) is 14.6. The van der Waals surface area contributed by atoms with E-state index < -0.39 is 46.4 Å². The Morgan fingerprint density at radius 3 is 1.96 bits per heavy atom. The van der Waals surface area contributed by atoms with Crippen molar-refractivity contribution in [2.75, 3.05) is 20.8 Å². The van der Waals surface area contributed by atoms with Gasteiger partial charge in [0, 0.05) is 26.2 Å². The van der Waals surface area contributed by atoms with Crippen molar-refractivity contribution in [3.63, 3.8) is 0 Å². The van der Waals surface area contributed by atoms with E-state index in [4.69, 9.17) is 23.7 Å². The lowest BCUT2D eigenvalue weighted by molar-refractivity contribution is -0.256. The van der Waals surface area contributed by atoms with Gasteiger partial charge in [0.2, 0.25) is 0 Å². The van der Waals surface area contributed by atoms with Crippen molar-refractivity contribution in [3.8, 4) is 0 Å². The van der Waals surface area contributed by atoms with E-state index in [0.29, 0.717) is 32.1 Å². The molecular formula is C38H56O10. The summed E-state index contributed by atoms with van der Waals surface area (Å²) in [6, 6.07) is 0. The van der Waals surface area contributed by atoms with Gasteiger partial charge in [0.05, 0.1) is 25.0 Å². The van der Waals surface area contributed by atoms with Gasteiger partial charge in [-0.3, -0.25) is 24.0 Å². The Morgan fingerprint density at radius 1 is 0.750 bits per heavy atom. The van der Waals surface area contributed by atoms with E-state index in [1.807, 2.05) is 13.8 Å². The van der Waals surface area contributed by atoms with Crippen molar-refractivity contribution < 1.29 is 47.7 Å². The topological polar surface area (TPSA) is 132 Å². The van der Waals surface area contributed by atoms with Crippen molar-refractivity contribution in [2.45, 2.75) is 125 Å². The zero-order valence-corrected chi connectivity index (χ0v) is 30.6. The summed E-state index contributed by atoms with van der Waals surface area (Å²) in [5.41, 5.74) is -1.83. The average molecular weight is 673 g/mol. The van der Waals surface area contributed by atoms with Gasteiger partial charge in [-0.25, -0.2) is 0 Å². The summed E-state index contributed by atoms with van der Waals surface area (Å²) < 4.78 is 28.4. The van der Waals surface area contributed by atoms with Gasteiger partial charge in [0.15, 0.2) is 0 Å². The molecule has 0 aromatic heterocycles. The third kappa shape index (κ3) is 5.21. The van der Waals surface area contributed by atoms with Gasteiger partial charge < -0.3 is 23.7 Å². The van der Waals surface area contributed by atoms with E-state index in [1.54, 1.807) is 0 Å². The van der Waals surface area contributed by atoms with Crippen LogP contribution in [0.15, 0.2) is 11.6 Å². The first-order chi connectivity index (χ1) is 22.3. The maximum atomic E-state index is 13.7. The van der Waals surface area contributed by atoms with Crippen molar-refractivity contribution in [2.24, 2.45) is 50.2 Å². The first kappa shape index (κ1) is 36.4. The molecule has 0 N–H and O–H groups in total. The standard InChI is InChI=1S/C38H56O10/c1-22(39)46-21-35(6)28-13-14-37(8)29(34(28,5)20-27(47-23(2)40)30(35)48-24(3)41)12-11-25-26-19-33(4,31(42)44-9)15-17-38(26,32(43)45-10)18-16-36(25,37)7/h11,26-30H,12-21H2,1-10H3/t26-,27-,28-,29+,30-,33-,34-,35-,36+,37+,38-/m0/s1. The lowest BCUT2D eigenvalue weighted by atomic mass is 9.33. The highest BCUT2D eigenvalue weighted by atomic mass is 16.6. The highest BCUT2D eigenvalue weighted by Gasteiger charge is 2.72. The second kappa shape index (κ2) is 12.1. The molecule has 0 aliphatic heterocycles. The molecule has 5 rings (SSSR count). The lowest BCUT2D eigenvalue weighted by Crippen LogP contribution is -2.69. The number of methoxy groups -OCH3 is 2. The fourth-order valence-corrected chi connectivity index (χ4v) is 12.1. The van der Waals surface area contributed by atoms with Crippen LogP contribution in [0.4, 0.5) is 0 Å². The second-order valence-corrected chi connectivity index (χ2v) is 16.9. The van der Waals surface area contributed by atoms with E-state index in [-0.39, 0.29) is 52.5 Å². The molecule has 0 heterocycles. The number of hydrogen-bond donors (Lipinski definition) is 0. The Kier molecular flexibility index (Phi) is 9.21. The molecule has 0 bridgehead atoms. The molecule has 268 valence electrons. The van der Waals surface area contributed by atoms with Crippen molar-refractivity contribution in [1.29, 1.82) is 0 Å². The van der Waals surface area contributed by atoms with Crippen molar-refractivity contribution in [3.05, 3.63) is 11.6 Å². The SMILES string of the molecule is COC(=O)[C@@]1(C)CC[C@]2(C(=O)OC)CC[C@]3(C)C(=CC[C@@H]4[C@@]5(C)C[C@H](OC(C)=O)[C@H](OC(C)=O)[C@@](C)(COC(C)=O)[C@H]5CC[C@]43C)[C@@H]2C1. The Balaban J connectivity index is 1.63.